The van der Waals surface area contributed by atoms with Crippen LogP contribution in [0.25, 0.3) is 21.9 Å². The van der Waals surface area contributed by atoms with Crippen LogP contribution in [0.1, 0.15) is 43.4 Å². The van der Waals surface area contributed by atoms with Crippen molar-refractivity contribution in [2.75, 3.05) is 5.32 Å². The molecule has 9 heteroatoms. The number of aryl methyl sites for hydroxylation is 2. The van der Waals surface area contributed by atoms with Crippen molar-refractivity contribution in [2.24, 2.45) is 12.8 Å². The number of hydrogen-bond acceptors (Lipinski definition) is 3. The number of aromatic nitrogens is 3. The molecule has 0 unspecified atom stereocenters. The standard InChI is InChI=1S/C25H29N5O4/c1-4-6-18(12-22(31)32)30-19-10-9-17(27-24(26)33)11-21(19)29(25(30)34)14-16-13-28(3)20-8-5-7-15(2)23(16)20/h5,7-11,13,18H,4,6,12,14H2,1-3H3,(H,31,32)(H3,26,27,33)/t18-/m0/s1. The lowest BCUT2D eigenvalue weighted by Crippen LogP contribution is -2.29. The molecule has 0 aliphatic heterocycles. The zero-order valence-electron chi connectivity index (χ0n) is 19.5. The second kappa shape index (κ2) is 9.09. The van der Waals surface area contributed by atoms with Crippen LogP contribution in [0.15, 0.2) is 47.4 Å². The van der Waals surface area contributed by atoms with E-state index in [1.54, 1.807) is 27.3 Å². The first-order chi connectivity index (χ1) is 16.2. The van der Waals surface area contributed by atoms with Gasteiger partial charge in [0, 0.05) is 35.9 Å². The SMILES string of the molecule is CCC[C@@H](CC(=O)O)n1c(=O)n(Cc2cn(C)c3cccc(C)c23)c2cc(NC(N)=O)ccc21. The molecular formula is C25H29N5O4. The molecule has 0 bridgehead atoms. The van der Waals surface area contributed by atoms with Gasteiger partial charge in [-0.05, 0) is 48.7 Å². The highest BCUT2D eigenvalue weighted by molar-refractivity contribution is 5.91. The number of benzene rings is 2. The molecule has 2 heterocycles. The minimum Gasteiger partial charge on any atom is -0.481 e. The number of rotatable bonds is 8. The Morgan fingerprint density at radius 1 is 1.15 bits per heavy atom. The number of carbonyl (C=O) groups excluding carboxylic acids is 1. The van der Waals surface area contributed by atoms with Gasteiger partial charge in [0.25, 0.3) is 0 Å². The number of amides is 2. The van der Waals surface area contributed by atoms with E-state index >= 15 is 0 Å². The maximum absolute atomic E-state index is 13.8. The van der Waals surface area contributed by atoms with Crippen LogP contribution in [0.2, 0.25) is 0 Å². The molecule has 2 aromatic heterocycles. The Kier molecular flexibility index (Phi) is 6.19. The highest BCUT2D eigenvalue weighted by Gasteiger charge is 2.23. The lowest BCUT2D eigenvalue weighted by Gasteiger charge is -2.16. The molecule has 4 N–H and O–H groups in total. The van der Waals surface area contributed by atoms with E-state index in [1.165, 1.54) is 0 Å². The number of imidazole rings is 1. The maximum Gasteiger partial charge on any atom is 0.329 e. The van der Waals surface area contributed by atoms with Crippen LogP contribution in [-0.4, -0.2) is 30.8 Å². The number of hydrogen-bond donors (Lipinski definition) is 3. The van der Waals surface area contributed by atoms with Gasteiger partial charge in [0.1, 0.15) is 0 Å². The highest BCUT2D eigenvalue weighted by atomic mass is 16.4. The highest BCUT2D eigenvalue weighted by Crippen LogP contribution is 2.29. The largest absolute Gasteiger partial charge is 0.481 e. The third kappa shape index (κ3) is 4.16. The van der Waals surface area contributed by atoms with Crippen LogP contribution in [0.5, 0.6) is 0 Å². The van der Waals surface area contributed by atoms with Crippen LogP contribution >= 0.6 is 0 Å². The van der Waals surface area contributed by atoms with Crippen LogP contribution in [0, 0.1) is 6.92 Å². The second-order valence-electron chi connectivity index (χ2n) is 8.71. The zero-order valence-corrected chi connectivity index (χ0v) is 19.5. The van der Waals surface area contributed by atoms with E-state index in [9.17, 15) is 19.5 Å². The number of primary amides is 1. The number of nitrogens with zero attached hydrogens (tertiary/aromatic N) is 3. The molecule has 0 aliphatic carbocycles. The molecule has 0 aliphatic rings. The molecular weight excluding hydrogens is 434 g/mol. The fourth-order valence-corrected chi connectivity index (χ4v) is 4.88. The van der Waals surface area contributed by atoms with E-state index in [0.717, 1.165) is 28.5 Å². The molecule has 4 aromatic rings. The van der Waals surface area contributed by atoms with Crippen molar-refractivity contribution in [3.8, 4) is 0 Å². The summed E-state index contributed by atoms with van der Waals surface area (Å²) in [6.45, 7) is 4.31. The average molecular weight is 464 g/mol. The first-order valence-electron chi connectivity index (χ1n) is 11.3. The summed E-state index contributed by atoms with van der Waals surface area (Å²) >= 11 is 0. The number of anilines is 1. The van der Waals surface area contributed by atoms with Crippen molar-refractivity contribution >= 4 is 39.6 Å². The van der Waals surface area contributed by atoms with Gasteiger partial charge in [-0.15, -0.1) is 0 Å². The van der Waals surface area contributed by atoms with Crippen molar-refractivity contribution in [1.82, 2.24) is 13.7 Å². The molecule has 0 radical (unpaired) electrons. The van der Waals surface area contributed by atoms with Crippen LogP contribution in [0.3, 0.4) is 0 Å². The molecule has 2 amide bonds. The topological polar surface area (TPSA) is 124 Å². The Labute approximate surface area is 196 Å². The summed E-state index contributed by atoms with van der Waals surface area (Å²) in [7, 11) is 1.97. The Morgan fingerprint density at radius 2 is 1.91 bits per heavy atom. The van der Waals surface area contributed by atoms with E-state index < -0.39 is 18.0 Å². The first kappa shape index (κ1) is 23.2. The predicted molar refractivity (Wildman–Crippen MR) is 132 cm³/mol. The van der Waals surface area contributed by atoms with Crippen LogP contribution in [0.4, 0.5) is 10.5 Å². The monoisotopic (exact) mass is 463 g/mol. The molecule has 0 spiro atoms. The average Bonchev–Trinajstić information content (AvgIpc) is 3.22. The van der Waals surface area contributed by atoms with Gasteiger partial charge >= 0.3 is 17.7 Å². The summed E-state index contributed by atoms with van der Waals surface area (Å²) in [5.74, 6) is -0.956. The third-order valence-electron chi connectivity index (χ3n) is 6.26. The van der Waals surface area contributed by atoms with Crippen molar-refractivity contribution in [2.45, 2.75) is 45.7 Å². The predicted octanol–water partition coefficient (Wildman–Crippen LogP) is 3.96. The quantitative estimate of drug-likeness (QED) is 0.366. The van der Waals surface area contributed by atoms with Gasteiger partial charge in [-0.25, -0.2) is 9.59 Å². The summed E-state index contributed by atoms with van der Waals surface area (Å²) in [6, 6.07) is 10.0. The van der Waals surface area contributed by atoms with Gasteiger partial charge in [0.2, 0.25) is 0 Å². The molecule has 178 valence electrons. The molecule has 9 nitrogen and oxygen atoms in total. The van der Waals surface area contributed by atoms with E-state index in [-0.39, 0.29) is 12.1 Å². The molecule has 1 atom stereocenters. The van der Waals surface area contributed by atoms with E-state index in [0.29, 0.717) is 29.7 Å². The van der Waals surface area contributed by atoms with Gasteiger partial charge in [0.15, 0.2) is 0 Å². The molecule has 34 heavy (non-hydrogen) atoms. The summed E-state index contributed by atoms with van der Waals surface area (Å²) in [5.41, 5.74) is 9.86. The molecule has 0 fully saturated rings. The van der Waals surface area contributed by atoms with E-state index in [4.69, 9.17) is 5.73 Å². The summed E-state index contributed by atoms with van der Waals surface area (Å²) in [5, 5.41) is 13.1. The normalized spacial score (nSPS) is 12.3. The molecule has 0 saturated heterocycles. The summed E-state index contributed by atoms with van der Waals surface area (Å²) < 4.78 is 5.26. The van der Waals surface area contributed by atoms with Gasteiger partial charge in [-0.2, -0.15) is 0 Å². The minimum absolute atomic E-state index is 0.151. The Hall–Kier alpha value is -4.01. The number of carboxylic acid groups (broad SMARTS) is 1. The van der Waals surface area contributed by atoms with Crippen molar-refractivity contribution in [3.63, 3.8) is 0 Å². The third-order valence-corrected chi connectivity index (χ3v) is 6.26. The van der Waals surface area contributed by atoms with Crippen LogP contribution < -0.4 is 16.7 Å². The van der Waals surface area contributed by atoms with E-state index in [1.807, 2.05) is 49.9 Å². The Balaban J connectivity index is 1.95. The van der Waals surface area contributed by atoms with Crippen molar-refractivity contribution in [1.29, 1.82) is 0 Å². The second-order valence-corrected chi connectivity index (χ2v) is 8.71. The van der Waals surface area contributed by atoms with Crippen LogP contribution in [-0.2, 0) is 18.4 Å². The molecule has 4 rings (SSSR count). The van der Waals surface area contributed by atoms with Gasteiger partial charge < -0.3 is 20.7 Å². The van der Waals surface area contributed by atoms with Gasteiger partial charge in [-0.3, -0.25) is 13.9 Å². The lowest BCUT2D eigenvalue weighted by molar-refractivity contribution is -0.137. The number of carbonyl (C=O) groups is 2. The van der Waals surface area contributed by atoms with E-state index in [2.05, 4.69) is 5.32 Å². The fraction of sp³-hybridized carbons (Fsp3) is 0.320. The van der Waals surface area contributed by atoms with Crippen molar-refractivity contribution < 1.29 is 14.7 Å². The summed E-state index contributed by atoms with van der Waals surface area (Å²) in [4.78, 5) is 36.8. The lowest BCUT2D eigenvalue weighted by atomic mass is 10.1. The number of urea groups is 1. The fourth-order valence-electron chi connectivity index (χ4n) is 4.88. The number of carboxylic acids is 1. The zero-order chi connectivity index (χ0) is 24.6. The number of aliphatic carboxylic acids is 1. The van der Waals surface area contributed by atoms with Gasteiger partial charge in [0.05, 0.1) is 24.0 Å². The smallest absolute Gasteiger partial charge is 0.329 e. The number of fused-ring (bicyclic) bond motifs is 2. The Bertz CT molecular complexity index is 1460. The van der Waals surface area contributed by atoms with Gasteiger partial charge in [-0.1, -0.05) is 25.5 Å². The molecule has 0 saturated carbocycles. The Morgan fingerprint density at radius 3 is 2.59 bits per heavy atom. The summed E-state index contributed by atoms with van der Waals surface area (Å²) in [6.07, 6.45) is 3.15. The maximum atomic E-state index is 13.8. The number of nitrogens with one attached hydrogen (secondary N) is 1. The minimum atomic E-state index is -0.956. The first-order valence-corrected chi connectivity index (χ1v) is 11.3. The van der Waals surface area contributed by atoms with Crippen molar-refractivity contribution in [3.05, 3.63) is 64.2 Å². The number of nitrogens with two attached hydrogens (primary N) is 1. The molecule has 2 aromatic carbocycles.